The topological polar surface area (TPSA) is 74.2 Å². The third-order valence-electron chi connectivity index (χ3n) is 3.34. The van der Waals surface area contributed by atoms with E-state index >= 15 is 0 Å². The van der Waals surface area contributed by atoms with E-state index < -0.39 is 0 Å². The highest BCUT2D eigenvalue weighted by Gasteiger charge is 2.14. The van der Waals surface area contributed by atoms with Gasteiger partial charge in [-0.3, -0.25) is 4.79 Å². The predicted octanol–water partition coefficient (Wildman–Crippen LogP) is 1.82. The van der Waals surface area contributed by atoms with Crippen LogP contribution >= 0.6 is 0 Å². The molecule has 0 radical (unpaired) electrons. The van der Waals surface area contributed by atoms with Crippen molar-refractivity contribution >= 4 is 22.5 Å². The Balaban J connectivity index is 2.09. The molecule has 1 unspecified atom stereocenters. The van der Waals surface area contributed by atoms with Crippen LogP contribution in [0.4, 0.5) is 5.69 Å². The Morgan fingerprint density at radius 2 is 2.20 bits per heavy atom. The zero-order valence-corrected chi connectivity index (χ0v) is 12.2. The van der Waals surface area contributed by atoms with Crippen LogP contribution in [-0.4, -0.2) is 42.5 Å². The lowest BCUT2D eigenvalue weighted by Gasteiger charge is -2.16. The van der Waals surface area contributed by atoms with Gasteiger partial charge in [-0.05, 0) is 52.2 Å². The zero-order chi connectivity index (χ0) is 14.7. The molecule has 0 spiro atoms. The fourth-order valence-corrected chi connectivity index (χ4v) is 2.15. The van der Waals surface area contributed by atoms with Crippen LogP contribution in [0.3, 0.4) is 0 Å². The molecule has 0 aliphatic rings. The summed E-state index contributed by atoms with van der Waals surface area (Å²) in [6.07, 6.45) is 2.65. The van der Waals surface area contributed by atoms with Gasteiger partial charge in [0.05, 0.1) is 5.56 Å². The average Bonchev–Trinajstić information content (AvgIpc) is 2.79. The van der Waals surface area contributed by atoms with Gasteiger partial charge in [0.15, 0.2) is 0 Å². The molecule has 0 saturated heterocycles. The molecule has 0 aliphatic heterocycles. The van der Waals surface area contributed by atoms with E-state index in [9.17, 15) is 4.79 Å². The smallest absolute Gasteiger partial charge is 0.253 e. The number of hydrogen-bond acceptors (Lipinski definition) is 3. The van der Waals surface area contributed by atoms with Crippen molar-refractivity contribution in [3.63, 3.8) is 0 Å². The number of rotatable bonds is 5. The van der Waals surface area contributed by atoms with Crippen LogP contribution in [0.25, 0.3) is 10.9 Å². The monoisotopic (exact) mass is 274 g/mol. The Kier molecular flexibility index (Phi) is 4.29. The number of nitrogens with two attached hydrogens (primary N) is 1. The van der Waals surface area contributed by atoms with Gasteiger partial charge >= 0.3 is 0 Å². The number of nitrogens with one attached hydrogen (secondary N) is 2. The number of nitrogens with zero attached hydrogens (tertiary/aromatic N) is 1. The second kappa shape index (κ2) is 5.96. The van der Waals surface area contributed by atoms with Gasteiger partial charge in [-0.25, -0.2) is 0 Å². The number of anilines is 1. The molecule has 20 heavy (non-hydrogen) atoms. The van der Waals surface area contributed by atoms with Gasteiger partial charge in [-0.1, -0.05) is 0 Å². The maximum Gasteiger partial charge on any atom is 0.253 e. The average molecular weight is 274 g/mol. The summed E-state index contributed by atoms with van der Waals surface area (Å²) in [5, 5.41) is 3.89. The Labute approximate surface area is 119 Å². The SMILES string of the molecule is CC(CCN(C)C)NC(=O)c1c[nH]c2ccc(N)cc12. The van der Waals surface area contributed by atoms with E-state index in [1.165, 1.54) is 0 Å². The van der Waals surface area contributed by atoms with E-state index in [0.29, 0.717) is 11.3 Å². The first kappa shape index (κ1) is 14.4. The van der Waals surface area contributed by atoms with Crippen LogP contribution in [0.2, 0.25) is 0 Å². The van der Waals surface area contributed by atoms with E-state index in [2.05, 4.69) is 15.2 Å². The minimum Gasteiger partial charge on any atom is -0.399 e. The Hall–Kier alpha value is -2.01. The van der Waals surface area contributed by atoms with Crippen molar-refractivity contribution in [1.29, 1.82) is 0 Å². The number of aromatic nitrogens is 1. The molecule has 0 aliphatic carbocycles. The molecule has 108 valence electrons. The van der Waals surface area contributed by atoms with Crippen LogP contribution in [0, 0.1) is 0 Å². The molecule has 0 bridgehead atoms. The fraction of sp³-hybridized carbons (Fsp3) is 0.400. The van der Waals surface area contributed by atoms with Crippen LogP contribution < -0.4 is 11.1 Å². The lowest BCUT2D eigenvalue weighted by atomic mass is 10.1. The van der Waals surface area contributed by atoms with Crippen LogP contribution in [0.1, 0.15) is 23.7 Å². The Morgan fingerprint density at radius 3 is 2.90 bits per heavy atom. The van der Waals surface area contributed by atoms with Crippen molar-refractivity contribution < 1.29 is 4.79 Å². The molecule has 2 rings (SSSR count). The largest absolute Gasteiger partial charge is 0.399 e. The minimum absolute atomic E-state index is 0.0619. The Morgan fingerprint density at radius 1 is 1.45 bits per heavy atom. The van der Waals surface area contributed by atoms with Crippen molar-refractivity contribution in [2.45, 2.75) is 19.4 Å². The van der Waals surface area contributed by atoms with Gasteiger partial charge in [0.1, 0.15) is 0 Å². The number of carbonyl (C=O) groups excluding carboxylic acids is 1. The quantitative estimate of drug-likeness (QED) is 0.728. The van der Waals surface area contributed by atoms with Crippen LogP contribution in [0.15, 0.2) is 24.4 Å². The predicted molar refractivity (Wildman–Crippen MR) is 82.8 cm³/mol. The number of carbonyl (C=O) groups is 1. The van der Waals surface area contributed by atoms with Gasteiger partial charge in [0.2, 0.25) is 0 Å². The first-order chi connectivity index (χ1) is 9.47. The van der Waals surface area contributed by atoms with Crippen molar-refractivity contribution in [3.8, 4) is 0 Å². The standard InChI is InChI=1S/C15H22N4O/c1-10(6-7-19(2)3)18-15(20)13-9-17-14-5-4-11(16)8-12(13)14/h4-5,8-10,17H,6-7,16H2,1-3H3,(H,18,20). The molecule has 1 aromatic heterocycles. The number of benzene rings is 1. The van der Waals surface area contributed by atoms with E-state index in [4.69, 9.17) is 5.73 Å². The second-order valence-electron chi connectivity index (χ2n) is 5.47. The van der Waals surface area contributed by atoms with Crippen molar-refractivity contribution in [1.82, 2.24) is 15.2 Å². The number of hydrogen-bond donors (Lipinski definition) is 3. The molecule has 5 heteroatoms. The molecule has 1 amide bonds. The second-order valence-corrected chi connectivity index (χ2v) is 5.47. The molecule has 0 saturated carbocycles. The van der Waals surface area contributed by atoms with Crippen molar-refractivity contribution in [2.75, 3.05) is 26.4 Å². The highest BCUT2D eigenvalue weighted by molar-refractivity contribution is 6.07. The van der Waals surface area contributed by atoms with E-state index in [-0.39, 0.29) is 11.9 Å². The van der Waals surface area contributed by atoms with Crippen molar-refractivity contribution in [2.24, 2.45) is 0 Å². The maximum atomic E-state index is 12.3. The molecule has 0 fully saturated rings. The van der Waals surface area contributed by atoms with Gasteiger partial charge < -0.3 is 20.9 Å². The molecule has 2 aromatic rings. The normalized spacial score (nSPS) is 12.8. The van der Waals surface area contributed by atoms with Gasteiger partial charge in [0.25, 0.3) is 5.91 Å². The number of aromatic amines is 1. The van der Waals surface area contributed by atoms with Crippen LogP contribution in [0.5, 0.6) is 0 Å². The number of H-pyrrole nitrogens is 1. The molecular weight excluding hydrogens is 252 g/mol. The van der Waals surface area contributed by atoms with Gasteiger partial charge in [0, 0.05) is 28.8 Å². The summed E-state index contributed by atoms with van der Waals surface area (Å²) in [7, 11) is 4.05. The molecule has 4 N–H and O–H groups in total. The summed E-state index contributed by atoms with van der Waals surface area (Å²) in [5.74, 6) is -0.0619. The van der Waals surface area contributed by atoms with Gasteiger partial charge in [-0.2, -0.15) is 0 Å². The molecule has 1 aromatic carbocycles. The lowest BCUT2D eigenvalue weighted by Crippen LogP contribution is -2.34. The molecular formula is C15H22N4O. The van der Waals surface area contributed by atoms with E-state index in [1.807, 2.05) is 39.2 Å². The third kappa shape index (κ3) is 3.30. The first-order valence-corrected chi connectivity index (χ1v) is 6.79. The highest BCUT2D eigenvalue weighted by Crippen LogP contribution is 2.21. The van der Waals surface area contributed by atoms with Crippen LogP contribution in [-0.2, 0) is 0 Å². The summed E-state index contributed by atoms with van der Waals surface area (Å²) < 4.78 is 0. The van der Waals surface area contributed by atoms with E-state index in [1.54, 1.807) is 6.20 Å². The molecule has 5 nitrogen and oxygen atoms in total. The van der Waals surface area contributed by atoms with E-state index in [0.717, 1.165) is 23.9 Å². The lowest BCUT2D eigenvalue weighted by molar-refractivity contribution is 0.0938. The molecule has 1 atom stereocenters. The summed E-state index contributed by atoms with van der Waals surface area (Å²) in [6, 6.07) is 5.67. The molecule has 1 heterocycles. The first-order valence-electron chi connectivity index (χ1n) is 6.79. The number of fused-ring (bicyclic) bond motifs is 1. The third-order valence-corrected chi connectivity index (χ3v) is 3.34. The number of amides is 1. The summed E-state index contributed by atoms with van der Waals surface area (Å²) in [6.45, 7) is 2.97. The summed E-state index contributed by atoms with van der Waals surface area (Å²) in [4.78, 5) is 17.5. The Bertz CT molecular complexity index is 603. The summed E-state index contributed by atoms with van der Waals surface area (Å²) in [5.41, 5.74) is 8.01. The zero-order valence-electron chi connectivity index (χ0n) is 12.2. The summed E-state index contributed by atoms with van der Waals surface area (Å²) >= 11 is 0. The minimum atomic E-state index is -0.0619. The van der Waals surface area contributed by atoms with Crippen molar-refractivity contribution in [3.05, 3.63) is 30.0 Å². The highest BCUT2D eigenvalue weighted by atomic mass is 16.1. The fourth-order valence-electron chi connectivity index (χ4n) is 2.15. The maximum absolute atomic E-state index is 12.3. The van der Waals surface area contributed by atoms with Gasteiger partial charge in [-0.15, -0.1) is 0 Å². The number of nitrogen functional groups attached to an aromatic ring is 1.